The first kappa shape index (κ1) is 11.2. The molecule has 0 aliphatic heterocycles. The number of aromatic nitrogens is 1. The van der Waals surface area contributed by atoms with Crippen molar-refractivity contribution in [2.75, 3.05) is 5.73 Å². The lowest BCUT2D eigenvalue weighted by Crippen LogP contribution is -1.98. The zero-order chi connectivity index (χ0) is 12.5. The lowest BCUT2D eigenvalue weighted by Gasteiger charge is -2.07. The molecule has 3 aromatic rings. The molecule has 1 heterocycles. The van der Waals surface area contributed by atoms with Crippen molar-refractivity contribution >= 4 is 28.2 Å². The second-order valence-corrected chi connectivity index (χ2v) is 4.77. The zero-order valence-electron chi connectivity index (χ0n) is 9.81. The van der Waals surface area contributed by atoms with Crippen molar-refractivity contribution in [2.45, 2.75) is 6.54 Å². The van der Waals surface area contributed by atoms with Crippen molar-refractivity contribution in [1.29, 1.82) is 0 Å². The van der Waals surface area contributed by atoms with Gasteiger partial charge in [0.1, 0.15) is 0 Å². The van der Waals surface area contributed by atoms with Gasteiger partial charge < -0.3 is 10.3 Å². The molecule has 2 aromatic carbocycles. The number of nitrogens with two attached hydrogens (primary N) is 1. The molecule has 1 aromatic heterocycles. The summed E-state index contributed by atoms with van der Waals surface area (Å²) < 4.78 is 2.21. The average Bonchev–Trinajstić information content (AvgIpc) is 2.78. The van der Waals surface area contributed by atoms with Gasteiger partial charge in [-0.15, -0.1) is 0 Å². The molecule has 2 nitrogen and oxygen atoms in total. The second-order valence-electron chi connectivity index (χ2n) is 4.36. The Balaban J connectivity index is 1.98. The van der Waals surface area contributed by atoms with Crippen molar-refractivity contribution in [1.82, 2.24) is 4.57 Å². The van der Waals surface area contributed by atoms with Crippen molar-refractivity contribution < 1.29 is 0 Å². The maximum absolute atomic E-state index is 5.93. The summed E-state index contributed by atoms with van der Waals surface area (Å²) in [7, 11) is 0. The molecule has 0 bridgehead atoms. The van der Waals surface area contributed by atoms with Gasteiger partial charge in [-0.3, -0.25) is 0 Å². The highest BCUT2D eigenvalue weighted by Crippen LogP contribution is 2.22. The first-order valence-corrected chi connectivity index (χ1v) is 6.19. The largest absolute Gasteiger partial charge is 0.398 e. The molecule has 2 N–H and O–H groups in total. The highest BCUT2D eigenvalue weighted by atomic mass is 35.5. The zero-order valence-corrected chi connectivity index (χ0v) is 10.6. The minimum absolute atomic E-state index is 0.608. The number of para-hydroxylation sites is 1. The molecular formula is C15H13ClN2. The summed E-state index contributed by atoms with van der Waals surface area (Å²) in [5, 5.41) is 1.86. The van der Waals surface area contributed by atoms with E-state index in [1.165, 1.54) is 10.9 Å². The van der Waals surface area contributed by atoms with Gasteiger partial charge in [0.15, 0.2) is 0 Å². The summed E-state index contributed by atoms with van der Waals surface area (Å²) >= 11 is 5.93. The molecule has 0 radical (unpaired) electrons. The van der Waals surface area contributed by atoms with E-state index >= 15 is 0 Å². The van der Waals surface area contributed by atoms with Gasteiger partial charge in [-0.05, 0) is 35.2 Å². The topological polar surface area (TPSA) is 30.9 Å². The van der Waals surface area contributed by atoms with Crippen LogP contribution in [0.1, 0.15) is 5.56 Å². The first-order valence-electron chi connectivity index (χ1n) is 5.82. The smallest absolute Gasteiger partial charge is 0.0635 e. The van der Waals surface area contributed by atoms with Crippen LogP contribution >= 0.6 is 11.6 Å². The molecule has 3 heteroatoms. The maximum atomic E-state index is 5.93. The number of hydrogen-bond acceptors (Lipinski definition) is 1. The molecule has 3 rings (SSSR count). The van der Waals surface area contributed by atoms with Crippen LogP contribution in [0.4, 0.5) is 5.69 Å². The fourth-order valence-electron chi connectivity index (χ4n) is 2.17. The van der Waals surface area contributed by atoms with Gasteiger partial charge in [0.2, 0.25) is 0 Å². The Morgan fingerprint density at radius 2 is 1.89 bits per heavy atom. The fourth-order valence-corrected chi connectivity index (χ4v) is 2.28. The number of nitrogen functional groups attached to an aromatic ring is 1. The molecule has 0 aliphatic rings. The molecule has 0 atom stereocenters. The predicted molar refractivity (Wildman–Crippen MR) is 76.9 cm³/mol. The van der Waals surface area contributed by atoms with Crippen LogP contribution in [0.5, 0.6) is 0 Å². The average molecular weight is 257 g/mol. The maximum Gasteiger partial charge on any atom is 0.0635 e. The van der Waals surface area contributed by atoms with E-state index in [0.29, 0.717) is 10.7 Å². The van der Waals surface area contributed by atoms with Crippen molar-refractivity contribution in [2.24, 2.45) is 0 Å². The lowest BCUT2D eigenvalue weighted by molar-refractivity contribution is 0.837. The summed E-state index contributed by atoms with van der Waals surface area (Å²) in [6, 6.07) is 16.2. The van der Waals surface area contributed by atoms with E-state index in [4.69, 9.17) is 17.3 Å². The van der Waals surface area contributed by atoms with Gasteiger partial charge in [0.05, 0.1) is 10.7 Å². The van der Waals surface area contributed by atoms with Gasteiger partial charge in [0, 0.05) is 18.3 Å². The van der Waals surface area contributed by atoms with Crippen LogP contribution in [0.3, 0.4) is 0 Å². The molecule has 0 saturated carbocycles. The third-order valence-electron chi connectivity index (χ3n) is 3.09. The lowest BCUT2D eigenvalue weighted by atomic mass is 10.2. The van der Waals surface area contributed by atoms with Crippen molar-refractivity contribution in [3.05, 3.63) is 65.3 Å². The molecule has 0 spiro atoms. The number of hydrogen-bond donors (Lipinski definition) is 1. The van der Waals surface area contributed by atoms with Crippen LogP contribution in [0.15, 0.2) is 54.7 Å². The number of benzene rings is 2. The number of rotatable bonds is 2. The summed E-state index contributed by atoms with van der Waals surface area (Å²) in [6.45, 7) is 0.800. The third kappa shape index (κ3) is 1.95. The van der Waals surface area contributed by atoms with Gasteiger partial charge in [-0.25, -0.2) is 0 Å². The quantitative estimate of drug-likeness (QED) is 0.692. The molecule has 18 heavy (non-hydrogen) atoms. The Morgan fingerprint density at radius 1 is 1.06 bits per heavy atom. The van der Waals surface area contributed by atoms with E-state index in [-0.39, 0.29) is 0 Å². The van der Waals surface area contributed by atoms with Crippen molar-refractivity contribution in [3.8, 4) is 0 Å². The number of nitrogens with zero attached hydrogens (tertiary/aromatic N) is 1. The number of anilines is 1. The van der Waals surface area contributed by atoms with E-state index in [1.807, 2.05) is 24.3 Å². The molecule has 0 amide bonds. The van der Waals surface area contributed by atoms with E-state index in [0.717, 1.165) is 12.1 Å². The van der Waals surface area contributed by atoms with E-state index in [2.05, 4.69) is 35.0 Å². The predicted octanol–water partition coefficient (Wildman–Crippen LogP) is 3.93. The standard InChI is InChI=1S/C15H13ClN2/c16-13-6-5-11(9-14(13)17)10-18-8-7-12-3-1-2-4-15(12)18/h1-9H,10,17H2. The van der Waals surface area contributed by atoms with Crippen molar-refractivity contribution in [3.63, 3.8) is 0 Å². The molecule has 0 saturated heterocycles. The number of fused-ring (bicyclic) bond motifs is 1. The van der Waals surface area contributed by atoms with Crippen LogP contribution in [0, 0.1) is 0 Å². The minimum Gasteiger partial charge on any atom is -0.398 e. The highest BCUT2D eigenvalue weighted by Gasteiger charge is 2.02. The van der Waals surface area contributed by atoms with Gasteiger partial charge in [-0.2, -0.15) is 0 Å². The van der Waals surface area contributed by atoms with Crippen LogP contribution < -0.4 is 5.73 Å². The normalized spacial score (nSPS) is 10.9. The van der Waals surface area contributed by atoms with Crippen LogP contribution in [-0.2, 0) is 6.54 Å². The Bertz CT molecular complexity index is 701. The van der Waals surface area contributed by atoms with E-state index in [1.54, 1.807) is 0 Å². The summed E-state index contributed by atoms with van der Waals surface area (Å²) in [4.78, 5) is 0. The molecular weight excluding hydrogens is 244 g/mol. The molecule has 90 valence electrons. The molecule has 0 aliphatic carbocycles. The fraction of sp³-hybridized carbons (Fsp3) is 0.0667. The third-order valence-corrected chi connectivity index (χ3v) is 3.44. The Morgan fingerprint density at radius 3 is 2.72 bits per heavy atom. The monoisotopic (exact) mass is 256 g/mol. The Hall–Kier alpha value is -1.93. The summed E-state index contributed by atoms with van der Waals surface area (Å²) in [6.07, 6.45) is 2.09. The Labute approximate surface area is 111 Å². The highest BCUT2D eigenvalue weighted by molar-refractivity contribution is 6.33. The summed E-state index contributed by atoms with van der Waals surface area (Å²) in [5.74, 6) is 0. The van der Waals surface area contributed by atoms with Crippen LogP contribution in [0.2, 0.25) is 5.02 Å². The molecule has 0 unspecified atom stereocenters. The molecule has 0 fully saturated rings. The van der Waals surface area contributed by atoms with Gasteiger partial charge in [-0.1, -0.05) is 35.9 Å². The van der Waals surface area contributed by atoms with Gasteiger partial charge in [0.25, 0.3) is 0 Å². The van der Waals surface area contributed by atoms with Gasteiger partial charge >= 0.3 is 0 Å². The second kappa shape index (κ2) is 4.39. The van der Waals surface area contributed by atoms with Crippen LogP contribution in [0.25, 0.3) is 10.9 Å². The van der Waals surface area contributed by atoms with E-state index in [9.17, 15) is 0 Å². The number of halogens is 1. The summed E-state index contributed by atoms with van der Waals surface area (Å²) in [5.41, 5.74) is 8.83. The minimum atomic E-state index is 0.608. The first-order chi connectivity index (χ1) is 8.74. The Kier molecular flexibility index (Phi) is 2.73. The van der Waals surface area contributed by atoms with Crippen LogP contribution in [-0.4, -0.2) is 4.57 Å². The SMILES string of the molecule is Nc1cc(Cn2ccc3ccccc32)ccc1Cl. The van der Waals surface area contributed by atoms with E-state index < -0.39 is 0 Å².